The average Bonchev–Trinajstić information content (AvgIpc) is 3.48. The normalized spacial score (nSPS) is 15.5. The Balaban J connectivity index is 1.49. The molecule has 1 aromatic heterocycles. The zero-order valence-corrected chi connectivity index (χ0v) is 17.3. The van der Waals surface area contributed by atoms with Crippen LogP contribution in [0.5, 0.6) is 5.75 Å². The quantitative estimate of drug-likeness (QED) is 0.562. The van der Waals surface area contributed by atoms with Crippen LogP contribution in [0.1, 0.15) is 39.7 Å². The summed E-state index contributed by atoms with van der Waals surface area (Å²) in [5.41, 5.74) is 3.19. The van der Waals surface area contributed by atoms with Crippen molar-refractivity contribution in [1.29, 1.82) is 0 Å². The van der Waals surface area contributed by atoms with Gasteiger partial charge in [0.25, 0.3) is 5.91 Å². The highest BCUT2D eigenvalue weighted by Gasteiger charge is 2.35. The van der Waals surface area contributed by atoms with E-state index in [1.807, 2.05) is 37.3 Å². The summed E-state index contributed by atoms with van der Waals surface area (Å²) in [6.45, 7) is 1.59. The van der Waals surface area contributed by atoms with Crippen molar-refractivity contribution in [2.45, 2.75) is 19.4 Å². The van der Waals surface area contributed by atoms with Gasteiger partial charge in [-0.15, -0.1) is 0 Å². The van der Waals surface area contributed by atoms with Crippen LogP contribution in [-0.4, -0.2) is 36.3 Å². The highest BCUT2D eigenvalue weighted by molar-refractivity contribution is 6.03. The minimum Gasteiger partial charge on any atom is -0.497 e. The molecule has 0 unspecified atom stereocenters. The fraction of sp³-hybridized carbons (Fsp3) is 0.208. The molecular formula is C24H22N2O5. The molecule has 0 saturated carbocycles. The van der Waals surface area contributed by atoms with E-state index >= 15 is 0 Å². The summed E-state index contributed by atoms with van der Waals surface area (Å²) in [7, 11) is 1.54. The summed E-state index contributed by atoms with van der Waals surface area (Å²) < 4.78 is 15.8. The molecule has 0 saturated heterocycles. The lowest BCUT2D eigenvalue weighted by Gasteiger charge is -2.19. The van der Waals surface area contributed by atoms with E-state index in [2.05, 4.69) is 5.10 Å². The van der Waals surface area contributed by atoms with Crippen LogP contribution in [0, 0.1) is 6.92 Å². The van der Waals surface area contributed by atoms with Crippen LogP contribution in [0.3, 0.4) is 0 Å². The fourth-order valence-electron chi connectivity index (χ4n) is 3.37. The van der Waals surface area contributed by atoms with Gasteiger partial charge in [0.1, 0.15) is 17.6 Å². The van der Waals surface area contributed by atoms with Crippen LogP contribution in [0.2, 0.25) is 0 Å². The number of benzene rings is 2. The van der Waals surface area contributed by atoms with Crippen molar-refractivity contribution in [2.24, 2.45) is 5.10 Å². The third-order valence-electron chi connectivity index (χ3n) is 5.07. The first kappa shape index (κ1) is 20.4. The monoisotopic (exact) mass is 418 g/mol. The summed E-state index contributed by atoms with van der Waals surface area (Å²) in [6.07, 6.45) is 2.07. The van der Waals surface area contributed by atoms with E-state index < -0.39 is 24.5 Å². The molecule has 0 aliphatic carbocycles. The summed E-state index contributed by atoms with van der Waals surface area (Å²) >= 11 is 0. The number of methoxy groups -OCH3 is 1. The van der Waals surface area contributed by atoms with Gasteiger partial charge < -0.3 is 13.9 Å². The Bertz CT molecular complexity index is 1090. The lowest BCUT2D eigenvalue weighted by molar-refractivity contribution is -0.136. The molecule has 2 heterocycles. The van der Waals surface area contributed by atoms with Crippen LogP contribution < -0.4 is 4.74 Å². The summed E-state index contributed by atoms with van der Waals surface area (Å²) in [6, 6.07) is 17.6. The maximum atomic E-state index is 12.9. The van der Waals surface area contributed by atoms with Crippen molar-refractivity contribution in [3.8, 4) is 5.75 Å². The molecule has 3 aromatic rings. The first-order valence-electron chi connectivity index (χ1n) is 9.86. The largest absolute Gasteiger partial charge is 0.497 e. The number of carbonyl (C=O) groups excluding carboxylic acids is 2. The molecule has 1 atom stereocenters. The number of carbonyl (C=O) groups is 2. The molecule has 0 spiro atoms. The third-order valence-corrected chi connectivity index (χ3v) is 5.07. The zero-order chi connectivity index (χ0) is 21.8. The van der Waals surface area contributed by atoms with Gasteiger partial charge in [0.15, 0.2) is 6.61 Å². The van der Waals surface area contributed by atoms with Crippen LogP contribution in [0.25, 0.3) is 0 Å². The molecule has 158 valence electrons. The smallest absolute Gasteiger partial charge is 0.338 e. The first-order valence-corrected chi connectivity index (χ1v) is 9.86. The maximum Gasteiger partial charge on any atom is 0.338 e. The second-order valence-corrected chi connectivity index (χ2v) is 7.19. The van der Waals surface area contributed by atoms with Gasteiger partial charge in [0, 0.05) is 6.42 Å². The average molecular weight is 418 g/mol. The van der Waals surface area contributed by atoms with Crippen molar-refractivity contribution < 1.29 is 23.5 Å². The van der Waals surface area contributed by atoms with Gasteiger partial charge in [0.2, 0.25) is 0 Å². The molecule has 1 aliphatic heterocycles. The van der Waals surface area contributed by atoms with Gasteiger partial charge in [0.05, 0.1) is 24.6 Å². The molecule has 1 aliphatic rings. The number of furan rings is 1. The fourth-order valence-corrected chi connectivity index (χ4v) is 3.37. The molecule has 31 heavy (non-hydrogen) atoms. The molecule has 0 radical (unpaired) electrons. The van der Waals surface area contributed by atoms with E-state index in [9.17, 15) is 9.59 Å². The second kappa shape index (κ2) is 8.87. The van der Waals surface area contributed by atoms with Gasteiger partial charge in [-0.3, -0.25) is 4.79 Å². The second-order valence-electron chi connectivity index (χ2n) is 7.19. The van der Waals surface area contributed by atoms with Crippen molar-refractivity contribution in [3.05, 3.63) is 89.4 Å². The molecule has 0 N–H and O–H groups in total. The predicted molar refractivity (Wildman–Crippen MR) is 114 cm³/mol. The molecule has 7 heteroatoms. The van der Waals surface area contributed by atoms with Gasteiger partial charge in [-0.2, -0.15) is 5.10 Å². The van der Waals surface area contributed by atoms with Gasteiger partial charge >= 0.3 is 5.97 Å². The number of esters is 1. The highest BCUT2D eigenvalue weighted by atomic mass is 16.5. The Kier molecular flexibility index (Phi) is 5.84. The van der Waals surface area contributed by atoms with Crippen molar-refractivity contribution >= 4 is 17.6 Å². The summed E-state index contributed by atoms with van der Waals surface area (Å²) in [4.78, 5) is 25.2. The first-order chi connectivity index (χ1) is 15.0. The Morgan fingerprint density at radius 1 is 1.10 bits per heavy atom. The Labute approximate surface area is 179 Å². The number of aryl methyl sites for hydroxylation is 1. The van der Waals surface area contributed by atoms with E-state index in [0.29, 0.717) is 23.5 Å². The molecule has 0 bridgehead atoms. The van der Waals surface area contributed by atoms with Crippen molar-refractivity contribution in [1.82, 2.24) is 5.01 Å². The SMILES string of the molecule is COc1ccc(C(=O)OCC(=O)N2N=C(c3ccc(C)cc3)C[C@@H]2c2ccco2)cc1. The van der Waals surface area contributed by atoms with Crippen molar-refractivity contribution in [2.75, 3.05) is 13.7 Å². The minimum absolute atomic E-state index is 0.335. The predicted octanol–water partition coefficient (Wildman–Crippen LogP) is 4.13. The standard InChI is InChI=1S/C24H22N2O5/c1-16-5-7-17(8-6-16)20-14-21(22-4-3-13-30-22)26(25-20)23(27)15-31-24(28)18-9-11-19(29-2)12-10-18/h3-13,21H,14-15H2,1-2H3/t21-/m1/s1. The summed E-state index contributed by atoms with van der Waals surface area (Å²) in [5, 5.41) is 5.87. The number of nitrogens with zero attached hydrogens (tertiary/aromatic N) is 2. The topological polar surface area (TPSA) is 81.3 Å². The number of amides is 1. The number of hydrogen-bond donors (Lipinski definition) is 0. The van der Waals surface area contributed by atoms with E-state index in [-0.39, 0.29) is 0 Å². The van der Waals surface area contributed by atoms with E-state index in [1.165, 1.54) is 5.01 Å². The minimum atomic E-state index is -0.590. The Hall–Kier alpha value is -3.87. The van der Waals surface area contributed by atoms with Crippen molar-refractivity contribution in [3.63, 3.8) is 0 Å². The maximum absolute atomic E-state index is 12.9. The highest BCUT2D eigenvalue weighted by Crippen LogP contribution is 2.33. The van der Waals surface area contributed by atoms with Gasteiger partial charge in [-0.1, -0.05) is 29.8 Å². The van der Waals surface area contributed by atoms with Crippen LogP contribution >= 0.6 is 0 Å². The molecular weight excluding hydrogens is 396 g/mol. The van der Waals surface area contributed by atoms with Crippen LogP contribution in [-0.2, 0) is 9.53 Å². The molecule has 2 aromatic carbocycles. The van der Waals surface area contributed by atoms with Crippen LogP contribution in [0.15, 0.2) is 76.4 Å². The van der Waals surface area contributed by atoms with Gasteiger partial charge in [-0.25, -0.2) is 9.80 Å². The molecule has 7 nitrogen and oxygen atoms in total. The van der Waals surface area contributed by atoms with Crippen LogP contribution in [0.4, 0.5) is 0 Å². The van der Waals surface area contributed by atoms with E-state index in [4.69, 9.17) is 13.9 Å². The number of hydrogen-bond acceptors (Lipinski definition) is 6. The van der Waals surface area contributed by atoms with Gasteiger partial charge in [-0.05, 0) is 48.9 Å². The Morgan fingerprint density at radius 2 is 1.84 bits per heavy atom. The molecule has 4 rings (SSSR count). The molecule has 0 fully saturated rings. The number of hydrazone groups is 1. The lowest BCUT2D eigenvalue weighted by atomic mass is 10.0. The lowest BCUT2D eigenvalue weighted by Crippen LogP contribution is -2.31. The summed E-state index contributed by atoms with van der Waals surface area (Å²) in [5.74, 6) is 0.238. The molecule has 1 amide bonds. The Morgan fingerprint density at radius 3 is 2.48 bits per heavy atom. The number of rotatable bonds is 6. The van der Waals surface area contributed by atoms with E-state index in [0.717, 1.165) is 16.8 Å². The number of ether oxygens (including phenoxy) is 2. The third kappa shape index (κ3) is 4.50. The van der Waals surface area contributed by atoms with E-state index in [1.54, 1.807) is 43.7 Å². The zero-order valence-electron chi connectivity index (χ0n) is 17.3.